The first-order valence-electron chi connectivity index (χ1n) is 5.09. The van der Waals surface area contributed by atoms with Gasteiger partial charge in [0, 0.05) is 10.4 Å². The van der Waals surface area contributed by atoms with E-state index in [2.05, 4.69) is 10.3 Å². The number of hydrogen-bond acceptors (Lipinski definition) is 4. The average molecular weight is 297 g/mol. The first-order chi connectivity index (χ1) is 8.99. The number of carbonyl (C=O) groups excluding carboxylic acids is 2. The number of anilines is 1. The number of thiophene rings is 1. The van der Waals surface area contributed by atoms with E-state index < -0.39 is 11.9 Å². The summed E-state index contributed by atoms with van der Waals surface area (Å²) in [5.74, 6) is -0.591. The van der Waals surface area contributed by atoms with Gasteiger partial charge in [-0.15, -0.1) is 11.3 Å². The van der Waals surface area contributed by atoms with Crippen LogP contribution in [0.25, 0.3) is 10.4 Å². The van der Waals surface area contributed by atoms with Crippen LogP contribution in [0.5, 0.6) is 0 Å². The first kappa shape index (κ1) is 13.3. The van der Waals surface area contributed by atoms with Gasteiger partial charge in [-0.25, -0.2) is 9.78 Å². The van der Waals surface area contributed by atoms with Crippen LogP contribution < -0.4 is 16.8 Å². The second-order valence-electron chi connectivity index (χ2n) is 3.55. The van der Waals surface area contributed by atoms with Gasteiger partial charge in [-0.3, -0.25) is 10.1 Å². The molecular weight excluding hydrogens is 288 g/mol. The zero-order valence-corrected chi connectivity index (χ0v) is 11.1. The average Bonchev–Trinajstić information content (AvgIpc) is 2.80. The van der Waals surface area contributed by atoms with Crippen molar-refractivity contribution < 1.29 is 9.59 Å². The maximum absolute atomic E-state index is 11.5. The van der Waals surface area contributed by atoms with Gasteiger partial charge in [0.2, 0.25) is 5.91 Å². The summed E-state index contributed by atoms with van der Waals surface area (Å²) in [5.41, 5.74) is 10.9. The van der Waals surface area contributed by atoms with Gasteiger partial charge in [-0.05, 0) is 17.5 Å². The number of aromatic nitrogens is 1. The van der Waals surface area contributed by atoms with Crippen molar-refractivity contribution in [3.8, 4) is 10.4 Å². The monoisotopic (exact) mass is 296 g/mol. The number of hydrogen-bond donors (Lipinski definition) is 3. The van der Waals surface area contributed by atoms with E-state index in [1.807, 2.05) is 11.4 Å². The molecule has 2 heterocycles. The van der Waals surface area contributed by atoms with Gasteiger partial charge in [0.05, 0.1) is 5.56 Å². The molecule has 0 aliphatic carbocycles. The number of halogens is 1. The van der Waals surface area contributed by atoms with Crippen LogP contribution in [-0.4, -0.2) is 16.9 Å². The normalized spacial score (nSPS) is 10.2. The van der Waals surface area contributed by atoms with Gasteiger partial charge in [0.15, 0.2) is 0 Å². The Bertz CT molecular complexity index is 642. The molecule has 8 heteroatoms. The Kier molecular flexibility index (Phi) is 3.68. The van der Waals surface area contributed by atoms with Crippen LogP contribution in [0.4, 0.5) is 10.6 Å². The van der Waals surface area contributed by atoms with Crippen LogP contribution in [0.1, 0.15) is 10.4 Å². The van der Waals surface area contributed by atoms with Crippen molar-refractivity contribution in [2.75, 3.05) is 5.32 Å². The van der Waals surface area contributed by atoms with Crippen LogP contribution in [0.3, 0.4) is 0 Å². The van der Waals surface area contributed by atoms with Crippen LogP contribution in [0.15, 0.2) is 23.6 Å². The third-order valence-electron chi connectivity index (χ3n) is 2.26. The molecule has 5 N–H and O–H groups in total. The summed E-state index contributed by atoms with van der Waals surface area (Å²) in [7, 11) is 0. The Morgan fingerprint density at radius 3 is 2.63 bits per heavy atom. The Balaban J connectivity index is 2.61. The zero-order valence-electron chi connectivity index (χ0n) is 9.51. The fourth-order valence-electron chi connectivity index (χ4n) is 1.55. The lowest BCUT2D eigenvalue weighted by atomic mass is 10.1. The summed E-state index contributed by atoms with van der Waals surface area (Å²) in [6.45, 7) is 0. The van der Waals surface area contributed by atoms with Crippen LogP contribution in [0, 0.1) is 0 Å². The van der Waals surface area contributed by atoms with Crippen molar-refractivity contribution >= 4 is 40.7 Å². The number of pyridine rings is 1. The van der Waals surface area contributed by atoms with Gasteiger partial charge in [0.25, 0.3) is 0 Å². The second kappa shape index (κ2) is 5.25. The van der Waals surface area contributed by atoms with Gasteiger partial charge < -0.3 is 11.5 Å². The third-order valence-corrected chi connectivity index (χ3v) is 3.42. The van der Waals surface area contributed by atoms with Gasteiger partial charge in [0.1, 0.15) is 11.0 Å². The fraction of sp³-hybridized carbons (Fsp3) is 0. The van der Waals surface area contributed by atoms with Crippen molar-refractivity contribution in [3.05, 3.63) is 34.3 Å². The van der Waals surface area contributed by atoms with Gasteiger partial charge in [-0.2, -0.15) is 0 Å². The summed E-state index contributed by atoms with van der Waals surface area (Å²) in [5, 5.41) is 4.16. The highest BCUT2D eigenvalue weighted by Gasteiger charge is 2.18. The molecule has 98 valence electrons. The van der Waals surface area contributed by atoms with E-state index in [-0.39, 0.29) is 16.5 Å². The number of nitrogens with one attached hydrogen (secondary N) is 1. The summed E-state index contributed by atoms with van der Waals surface area (Å²) in [6, 6.07) is 4.15. The van der Waals surface area contributed by atoms with E-state index in [0.717, 1.165) is 4.88 Å². The molecule has 6 nitrogen and oxygen atoms in total. The van der Waals surface area contributed by atoms with Crippen molar-refractivity contribution in [2.24, 2.45) is 11.5 Å². The number of carbonyl (C=O) groups is 2. The number of nitrogens with two attached hydrogens (primary N) is 2. The molecule has 2 rings (SSSR count). The summed E-state index contributed by atoms with van der Waals surface area (Å²) < 4.78 is 0. The highest BCUT2D eigenvalue weighted by atomic mass is 35.5. The minimum absolute atomic E-state index is 0.0718. The number of primary amides is 2. The molecule has 0 aliphatic heterocycles. The maximum Gasteiger partial charge on any atom is 0.317 e. The van der Waals surface area contributed by atoms with E-state index in [0.29, 0.717) is 5.56 Å². The van der Waals surface area contributed by atoms with E-state index >= 15 is 0 Å². The Morgan fingerprint density at radius 2 is 2.11 bits per heavy atom. The van der Waals surface area contributed by atoms with Crippen LogP contribution in [-0.2, 0) is 0 Å². The smallest absolute Gasteiger partial charge is 0.317 e. The van der Waals surface area contributed by atoms with E-state index in [9.17, 15) is 9.59 Å². The topological polar surface area (TPSA) is 111 Å². The Hall–Kier alpha value is -2.12. The maximum atomic E-state index is 11.5. The predicted molar refractivity (Wildman–Crippen MR) is 74.3 cm³/mol. The molecule has 0 radical (unpaired) electrons. The summed E-state index contributed by atoms with van der Waals surface area (Å²) in [4.78, 5) is 27.0. The van der Waals surface area contributed by atoms with Crippen LogP contribution in [0.2, 0.25) is 5.15 Å². The number of rotatable bonds is 3. The Morgan fingerprint density at radius 1 is 1.37 bits per heavy atom. The lowest BCUT2D eigenvalue weighted by molar-refractivity contribution is 0.100. The van der Waals surface area contributed by atoms with Crippen LogP contribution >= 0.6 is 22.9 Å². The third kappa shape index (κ3) is 2.83. The molecule has 0 spiro atoms. The molecule has 19 heavy (non-hydrogen) atoms. The predicted octanol–water partition coefficient (Wildman–Crippen LogP) is 2.05. The molecular formula is C11H9ClN4O2S. The molecule has 0 bridgehead atoms. The molecule has 0 unspecified atom stereocenters. The first-order valence-corrected chi connectivity index (χ1v) is 6.35. The van der Waals surface area contributed by atoms with Crippen molar-refractivity contribution in [3.63, 3.8) is 0 Å². The zero-order chi connectivity index (χ0) is 14.0. The minimum atomic E-state index is -0.803. The van der Waals surface area contributed by atoms with Crippen molar-refractivity contribution in [2.45, 2.75) is 0 Å². The standard InChI is InChI=1S/C11H9ClN4O2S/c12-9-8(6-2-1-3-19-6)5(10(13)17)4-7(15-9)16-11(14)18/h1-4H,(H2,13,17)(H3,14,15,16,18). The highest BCUT2D eigenvalue weighted by Crippen LogP contribution is 2.34. The van der Waals surface area contributed by atoms with Gasteiger partial charge >= 0.3 is 6.03 Å². The minimum Gasteiger partial charge on any atom is -0.366 e. The second-order valence-corrected chi connectivity index (χ2v) is 4.86. The van der Waals surface area contributed by atoms with E-state index in [4.69, 9.17) is 23.1 Å². The largest absolute Gasteiger partial charge is 0.366 e. The SMILES string of the molecule is NC(=O)Nc1cc(C(N)=O)c(-c2cccs2)c(Cl)n1. The lowest BCUT2D eigenvalue weighted by Gasteiger charge is -2.09. The van der Waals surface area contributed by atoms with Gasteiger partial charge in [-0.1, -0.05) is 17.7 Å². The quantitative estimate of drug-likeness (QED) is 0.754. The molecule has 0 saturated carbocycles. The van der Waals surface area contributed by atoms with Crippen molar-refractivity contribution in [1.29, 1.82) is 0 Å². The summed E-state index contributed by atoms with van der Waals surface area (Å²) in [6.07, 6.45) is 0. The lowest BCUT2D eigenvalue weighted by Crippen LogP contribution is -2.21. The molecule has 2 aromatic heterocycles. The highest BCUT2D eigenvalue weighted by molar-refractivity contribution is 7.13. The molecule has 2 aromatic rings. The molecule has 0 atom stereocenters. The van der Waals surface area contributed by atoms with Crippen molar-refractivity contribution in [1.82, 2.24) is 4.98 Å². The number of urea groups is 1. The molecule has 3 amide bonds. The fourth-order valence-corrected chi connectivity index (χ4v) is 2.69. The molecule has 0 fully saturated rings. The summed E-state index contributed by atoms with van der Waals surface area (Å²) >= 11 is 7.45. The molecule has 0 saturated heterocycles. The number of amides is 3. The van der Waals surface area contributed by atoms with E-state index in [1.54, 1.807) is 6.07 Å². The van der Waals surface area contributed by atoms with E-state index in [1.165, 1.54) is 17.4 Å². The molecule has 0 aromatic carbocycles. The molecule has 0 aliphatic rings. The number of nitrogens with zero attached hydrogens (tertiary/aromatic N) is 1. The Labute approximate surface area is 117 Å².